The van der Waals surface area contributed by atoms with E-state index in [1.54, 1.807) is 24.3 Å². The van der Waals surface area contributed by atoms with Gasteiger partial charge < -0.3 is 34.6 Å². The summed E-state index contributed by atoms with van der Waals surface area (Å²) in [5.41, 5.74) is 4.05. The largest absolute Gasteiger partial charge is 0.493 e. The van der Waals surface area contributed by atoms with Crippen LogP contribution in [0.2, 0.25) is 0 Å². The number of carbonyl (C=O) groups excluding carboxylic acids is 2. The van der Waals surface area contributed by atoms with Gasteiger partial charge in [0.25, 0.3) is 5.91 Å². The van der Waals surface area contributed by atoms with Crippen molar-refractivity contribution in [1.82, 2.24) is 25.1 Å². The van der Waals surface area contributed by atoms with Crippen LogP contribution in [0.15, 0.2) is 60.8 Å². The lowest BCUT2D eigenvalue weighted by atomic mass is 9.94. The lowest BCUT2D eigenvalue weighted by molar-refractivity contribution is 0.0939. The van der Waals surface area contributed by atoms with Crippen LogP contribution >= 0.6 is 0 Å². The molecule has 1 atom stereocenters. The molecule has 0 bridgehead atoms. The quantitative estimate of drug-likeness (QED) is 0.120. The van der Waals surface area contributed by atoms with Gasteiger partial charge in [-0.25, -0.2) is 14.2 Å². The molecule has 0 spiro atoms. The van der Waals surface area contributed by atoms with Crippen LogP contribution in [-0.2, 0) is 0 Å². The number of hydrogen-bond acceptors (Lipinski definition) is 10. The Morgan fingerprint density at radius 2 is 1.79 bits per heavy atom. The molecule has 276 valence electrons. The minimum absolute atomic E-state index is 0.0312. The SMILES string of the molecule is CCC(C)NC(=O)c1cc(OC)c(OC(=O)Nc2ccnc(Nc3ccc(OCCCN4CCN(C)CC4)c(F)c3)n2)c(-c2cccc(C)c2C)c1. The van der Waals surface area contributed by atoms with E-state index in [1.807, 2.05) is 45.9 Å². The molecule has 1 fully saturated rings. The number of ether oxygens (including phenoxy) is 3. The highest BCUT2D eigenvalue weighted by molar-refractivity contribution is 5.98. The first-order valence-corrected chi connectivity index (χ1v) is 17.6. The van der Waals surface area contributed by atoms with Crippen LogP contribution in [0.5, 0.6) is 17.2 Å². The molecule has 5 rings (SSSR count). The lowest BCUT2D eigenvalue weighted by Gasteiger charge is -2.32. The van der Waals surface area contributed by atoms with Crippen LogP contribution in [0.4, 0.5) is 26.6 Å². The highest BCUT2D eigenvalue weighted by Crippen LogP contribution is 2.41. The highest BCUT2D eigenvalue weighted by atomic mass is 19.1. The molecule has 1 aromatic heterocycles. The third kappa shape index (κ3) is 9.95. The molecule has 52 heavy (non-hydrogen) atoms. The Kier molecular flexibility index (Phi) is 13.0. The Hall–Kier alpha value is -5.27. The summed E-state index contributed by atoms with van der Waals surface area (Å²) in [5, 5.41) is 8.58. The van der Waals surface area contributed by atoms with Gasteiger partial charge in [0.2, 0.25) is 5.95 Å². The predicted octanol–water partition coefficient (Wildman–Crippen LogP) is 6.81. The van der Waals surface area contributed by atoms with Crippen LogP contribution in [0.3, 0.4) is 0 Å². The van der Waals surface area contributed by atoms with Crippen molar-refractivity contribution in [3.63, 3.8) is 0 Å². The Morgan fingerprint density at radius 1 is 1.00 bits per heavy atom. The number of nitrogens with zero attached hydrogens (tertiary/aromatic N) is 4. The van der Waals surface area contributed by atoms with Gasteiger partial charge in [-0.05, 0) is 87.7 Å². The molecule has 1 aliphatic heterocycles. The number of anilines is 3. The van der Waals surface area contributed by atoms with Crippen molar-refractivity contribution in [3.8, 4) is 28.4 Å². The fraction of sp³-hybridized carbons (Fsp3) is 0.385. The summed E-state index contributed by atoms with van der Waals surface area (Å²) in [6.07, 6.45) is 2.18. The summed E-state index contributed by atoms with van der Waals surface area (Å²) in [7, 11) is 3.57. The van der Waals surface area contributed by atoms with E-state index < -0.39 is 11.9 Å². The summed E-state index contributed by atoms with van der Waals surface area (Å²) >= 11 is 0. The minimum atomic E-state index is -0.841. The first-order valence-electron chi connectivity index (χ1n) is 17.6. The van der Waals surface area contributed by atoms with Crippen molar-refractivity contribution < 1.29 is 28.2 Å². The van der Waals surface area contributed by atoms with Gasteiger partial charge in [0.15, 0.2) is 23.1 Å². The van der Waals surface area contributed by atoms with E-state index in [0.717, 1.165) is 62.3 Å². The van der Waals surface area contributed by atoms with Crippen LogP contribution in [0.1, 0.15) is 48.2 Å². The third-order valence-electron chi connectivity index (χ3n) is 9.16. The number of rotatable bonds is 14. The molecule has 0 aliphatic carbocycles. The van der Waals surface area contributed by atoms with Crippen LogP contribution in [-0.4, -0.2) is 91.3 Å². The van der Waals surface area contributed by atoms with Gasteiger partial charge in [-0.2, -0.15) is 4.98 Å². The zero-order chi connectivity index (χ0) is 37.2. The second kappa shape index (κ2) is 17.8. The van der Waals surface area contributed by atoms with E-state index in [2.05, 4.69) is 42.8 Å². The minimum Gasteiger partial charge on any atom is -0.493 e. The highest BCUT2D eigenvalue weighted by Gasteiger charge is 2.23. The van der Waals surface area contributed by atoms with E-state index in [1.165, 1.54) is 25.4 Å². The maximum atomic E-state index is 14.9. The summed E-state index contributed by atoms with van der Waals surface area (Å²) in [6.45, 7) is 13.4. The second-order valence-corrected chi connectivity index (χ2v) is 13.0. The van der Waals surface area contributed by atoms with Gasteiger partial charge in [-0.15, -0.1) is 0 Å². The van der Waals surface area contributed by atoms with Gasteiger partial charge in [0, 0.05) is 67.8 Å². The monoisotopic (exact) mass is 713 g/mol. The normalized spacial score (nSPS) is 14.0. The van der Waals surface area contributed by atoms with Crippen LogP contribution in [0, 0.1) is 19.7 Å². The average molecular weight is 714 g/mol. The number of nitrogens with one attached hydrogen (secondary N) is 3. The predicted molar refractivity (Wildman–Crippen MR) is 201 cm³/mol. The molecule has 3 N–H and O–H groups in total. The molecular weight excluding hydrogens is 665 g/mol. The molecule has 2 amide bonds. The Morgan fingerprint density at radius 3 is 2.52 bits per heavy atom. The number of likely N-dealkylation sites (N-methyl/N-ethyl adjacent to an activating group) is 1. The molecule has 3 aromatic carbocycles. The molecule has 0 saturated carbocycles. The fourth-order valence-electron chi connectivity index (χ4n) is 5.72. The molecule has 13 heteroatoms. The standard InChI is InChI=1S/C39H48FN7O5/c1-7-26(3)42-37(48)28-22-31(30-11-8-10-25(2)27(30)4)36(34(23-28)50-6)52-39(49)45-35-14-15-41-38(44-35)43-29-12-13-33(32(40)24-29)51-21-9-16-47-19-17-46(5)18-20-47/h8,10-15,22-24,26H,7,9,16-21H2,1-6H3,(H,42,48)(H2,41,43,44,45,49). The van der Waals surface area contributed by atoms with Crippen LogP contribution in [0.25, 0.3) is 11.1 Å². The maximum absolute atomic E-state index is 14.9. The zero-order valence-corrected chi connectivity index (χ0v) is 30.7. The third-order valence-corrected chi connectivity index (χ3v) is 9.16. The molecule has 2 heterocycles. The first-order chi connectivity index (χ1) is 25.0. The zero-order valence-electron chi connectivity index (χ0n) is 30.7. The van der Waals surface area contributed by atoms with Crippen molar-refractivity contribution >= 4 is 29.5 Å². The van der Waals surface area contributed by atoms with Crippen molar-refractivity contribution in [2.45, 2.75) is 46.6 Å². The number of halogens is 1. The summed E-state index contributed by atoms with van der Waals surface area (Å²) in [5.74, 6) is -0.00333. The van der Waals surface area contributed by atoms with Crippen molar-refractivity contribution in [2.75, 3.05) is 64.1 Å². The number of carbonyl (C=O) groups is 2. The van der Waals surface area contributed by atoms with Crippen molar-refractivity contribution in [1.29, 1.82) is 0 Å². The first kappa shape index (κ1) is 38.0. The number of aryl methyl sites for hydroxylation is 1. The Labute approximate surface area is 304 Å². The number of amides is 2. The number of piperazine rings is 1. The van der Waals surface area contributed by atoms with Gasteiger partial charge in [0.1, 0.15) is 5.82 Å². The maximum Gasteiger partial charge on any atom is 0.418 e. The summed E-state index contributed by atoms with van der Waals surface area (Å²) < 4.78 is 32.1. The molecule has 1 saturated heterocycles. The summed E-state index contributed by atoms with van der Waals surface area (Å²) in [6, 6.07) is 15.0. The van der Waals surface area contributed by atoms with Gasteiger partial charge in [-0.1, -0.05) is 25.1 Å². The van der Waals surface area contributed by atoms with E-state index in [9.17, 15) is 14.0 Å². The number of aromatic nitrogens is 2. The van der Waals surface area contributed by atoms with E-state index in [4.69, 9.17) is 14.2 Å². The molecule has 1 unspecified atom stereocenters. The molecule has 12 nitrogen and oxygen atoms in total. The lowest BCUT2D eigenvalue weighted by Crippen LogP contribution is -2.44. The topological polar surface area (TPSA) is 130 Å². The second-order valence-electron chi connectivity index (χ2n) is 13.0. The van der Waals surface area contributed by atoms with E-state index in [0.29, 0.717) is 23.4 Å². The van der Waals surface area contributed by atoms with Crippen molar-refractivity contribution in [2.24, 2.45) is 0 Å². The van der Waals surface area contributed by atoms with Gasteiger partial charge in [-0.3, -0.25) is 10.1 Å². The Balaban J connectivity index is 1.26. The van der Waals surface area contributed by atoms with Gasteiger partial charge in [0.05, 0.1) is 13.7 Å². The number of methoxy groups -OCH3 is 1. The average Bonchev–Trinajstić information content (AvgIpc) is 3.13. The van der Waals surface area contributed by atoms with Crippen LogP contribution < -0.4 is 30.2 Å². The smallest absolute Gasteiger partial charge is 0.418 e. The number of hydrogen-bond donors (Lipinski definition) is 3. The molecule has 4 aromatic rings. The molecular formula is C39H48FN7O5. The summed E-state index contributed by atoms with van der Waals surface area (Å²) in [4.78, 5) is 39.8. The number of benzene rings is 3. The fourth-order valence-corrected chi connectivity index (χ4v) is 5.72. The van der Waals surface area contributed by atoms with Crippen molar-refractivity contribution in [3.05, 3.63) is 83.3 Å². The van der Waals surface area contributed by atoms with E-state index in [-0.39, 0.29) is 41.0 Å². The molecule has 1 aliphatic rings. The Bertz CT molecular complexity index is 1870. The van der Waals surface area contributed by atoms with E-state index >= 15 is 0 Å². The van der Waals surface area contributed by atoms with Gasteiger partial charge >= 0.3 is 6.09 Å². The molecule has 0 radical (unpaired) electrons.